The Morgan fingerprint density at radius 3 is 2.74 bits per heavy atom. The van der Waals surface area contributed by atoms with Gasteiger partial charge in [0, 0.05) is 37.0 Å². The van der Waals surface area contributed by atoms with Crippen LogP contribution in [0.5, 0.6) is 5.75 Å². The molecule has 164 valence electrons. The van der Waals surface area contributed by atoms with E-state index in [0.29, 0.717) is 22.9 Å². The van der Waals surface area contributed by atoms with Crippen molar-refractivity contribution in [1.82, 2.24) is 30.7 Å². The lowest BCUT2D eigenvalue weighted by Crippen LogP contribution is -2.44. The van der Waals surface area contributed by atoms with Crippen LogP contribution in [0.4, 0.5) is 5.13 Å². The summed E-state index contributed by atoms with van der Waals surface area (Å²) >= 11 is 1.61. The fraction of sp³-hybridized carbons (Fsp3) is 0.300. The van der Waals surface area contributed by atoms with E-state index in [-0.39, 0.29) is 30.6 Å². The number of benzene rings is 1. The maximum Gasteiger partial charge on any atom is 0.194 e. The van der Waals surface area contributed by atoms with Crippen LogP contribution in [0.25, 0.3) is 32.7 Å². The smallest absolute Gasteiger partial charge is 0.194 e. The van der Waals surface area contributed by atoms with Gasteiger partial charge in [0.25, 0.3) is 0 Å². The topological polar surface area (TPSA) is 103 Å². The van der Waals surface area contributed by atoms with Crippen molar-refractivity contribution in [1.29, 1.82) is 0 Å². The molecule has 1 saturated heterocycles. The number of hydrogen-bond donors (Lipinski definition) is 3. The van der Waals surface area contributed by atoms with Gasteiger partial charge >= 0.3 is 0 Å². The number of nitrogens with zero attached hydrogens (tertiary/aromatic N) is 5. The van der Waals surface area contributed by atoms with Gasteiger partial charge in [0.1, 0.15) is 5.75 Å². The van der Waals surface area contributed by atoms with Crippen LogP contribution < -0.4 is 10.2 Å². The van der Waals surface area contributed by atoms with Crippen molar-refractivity contribution in [3.63, 3.8) is 0 Å². The summed E-state index contributed by atoms with van der Waals surface area (Å²) in [5.41, 5.74) is 3.72. The van der Waals surface area contributed by atoms with Gasteiger partial charge in [0.2, 0.25) is 0 Å². The number of likely N-dealkylation sites (N-methyl/N-ethyl adjacent to an activating group) is 1. The summed E-state index contributed by atoms with van der Waals surface area (Å²) < 4.78 is 0.957. The summed E-state index contributed by atoms with van der Waals surface area (Å²) in [6, 6.07) is 7.90. The molecule has 4 heterocycles. The van der Waals surface area contributed by atoms with Crippen molar-refractivity contribution in [2.45, 2.75) is 18.9 Å². The van der Waals surface area contributed by atoms with E-state index in [1.807, 2.05) is 18.2 Å². The highest BCUT2D eigenvalue weighted by Gasteiger charge is 2.21. The molecular formula is C20H23Cl2N7OS. The highest BCUT2D eigenvalue weighted by atomic mass is 35.5. The number of thiazole rings is 1. The number of hydrogen-bond acceptors (Lipinski definition) is 8. The number of phenols is 1. The van der Waals surface area contributed by atoms with Gasteiger partial charge in [0.15, 0.2) is 10.8 Å². The number of halogens is 2. The molecular weight excluding hydrogens is 457 g/mol. The Hall–Kier alpha value is -2.46. The number of rotatable bonds is 4. The molecule has 1 aromatic carbocycles. The normalized spacial score (nSPS) is 15.8. The van der Waals surface area contributed by atoms with E-state index in [2.05, 4.69) is 42.6 Å². The van der Waals surface area contributed by atoms with Crippen molar-refractivity contribution in [3.05, 3.63) is 36.7 Å². The van der Waals surface area contributed by atoms with Gasteiger partial charge in [-0.15, -0.1) is 35.0 Å². The molecule has 0 aliphatic carbocycles. The maximum absolute atomic E-state index is 10.6. The van der Waals surface area contributed by atoms with Crippen LogP contribution in [0.15, 0.2) is 36.7 Å². The Bertz CT molecular complexity index is 1150. The molecule has 31 heavy (non-hydrogen) atoms. The fourth-order valence-electron chi connectivity index (χ4n) is 3.67. The predicted molar refractivity (Wildman–Crippen MR) is 129 cm³/mol. The minimum absolute atomic E-state index is 0. The van der Waals surface area contributed by atoms with Crippen LogP contribution in [0.1, 0.15) is 12.8 Å². The predicted octanol–water partition coefficient (Wildman–Crippen LogP) is 3.88. The number of aromatic hydroxyl groups is 1. The molecule has 8 nitrogen and oxygen atoms in total. The van der Waals surface area contributed by atoms with Gasteiger partial charge in [0.05, 0.1) is 16.6 Å². The summed E-state index contributed by atoms with van der Waals surface area (Å²) in [5.74, 6) is 0.160. The first-order chi connectivity index (χ1) is 14.2. The molecule has 4 aromatic rings. The van der Waals surface area contributed by atoms with Gasteiger partial charge in [-0.2, -0.15) is 10.1 Å². The number of aromatic amines is 1. The molecule has 0 bridgehead atoms. The zero-order chi connectivity index (χ0) is 19.8. The summed E-state index contributed by atoms with van der Waals surface area (Å²) in [6.07, 6.45) is 5.85. The Kier molecular flexibility index (Phi) is 7.32. The minimum atomic E-state index is 0. The zero-order valence-corrected chi connectivity index (χ0v) is 19.2. The van der Waals surface area contributed by atoms with E-state index in [9.17, 15) is 5.11 Å². The highest BCUT2D eigenvalue weighted by molar-refractivity contribution is 7.22. The van der Waals surface area contributed by atoms with Gasteiger partial charge < -0.3 is 15.3 Å². The SMILES string of the molecule is CN(c1nc2nnc(-c3ccc(-c4cn[nH]c4)cc3O)cc2s1)[C@H]1CCCNC1.Cl.Cl. The summed E-state index contributed by atoms with van der Waals surface area (Å²) in [7, 11) is 2.09. The van der Waals surface area contributed by atoms with E-state index >= 15 is 0 Å². The van der Waals surface area contributed by atoms with E-state index in [1.54, 1.807) is 29.8 Å². The largest absolute Gasteiger partial charge is 0.507 e. The minimum Gasteiger partial charge on any atom is -0.507 e. The third kappa shape index (κ3) is 4.59. The number of piperidine rings is 1. The van der Waals surface area contributed by atoms with Crippen LogP contribution >= 0.6 is 36.2 Å². The molecule has 5 rings (SSSR count). The lowest BCUT2D eigenvalue weighted by molar-refractivity contribution is 0.445. The molecule has 1 atom stereocenters. The van der Waals surface area contributed by atoms with E-state index < -0.39 is 0 Å². The van der Waals surface area contributed by atoms with Gasteiger partial charge in [-0.1, -0.05) is 17.4 Å². The van der Waals surface area contributed by atoms with Crippen molar-refractivity contribution >= 4 is 51.6 Å². The molecule has 3 aromatic heterocycles. The number of aromatic nitrogens is 5. The van der Waals surface area contributed by atoms with Crippen LogP contribution in [0.2, 0.25) is 0 Å². The maximum atomic E-state index is 10.6. The van der Waals surface area contributed by atoms with E-state index in [0.717, 1.165) is 40.5 Å². The average molecular weight is 480 g/mol. The standard InChI is InChI=1S/C20H21N7OS.2ClH/c1-27(14-3-2-6-21-11-14)20-24-19-18(29-20)8-16(25-26-19)15-5-4-12(7-17(15)28)13-9-22-23-10-13;;/h4-5,7-10,14,21,28H,2-3,6,11H2,1H3,(H,22,23);2*1H/t14-;;/m0../s1. The first kappa shape index (κ1) is 23.2. The van der Waals surface area contributed by atoms with E-state index in [4.69, 9.17) is 0 Å². The summed E-state index contributed by atoms with van der Waals surface area (Å²) in [4.78, 5) is 6.89. The van der Waals surface area contributed by atoms with Gasteiger partial charge in [-0.05, 0) is 43.1 Å². The van der Waals surface area contributed by atoms with Crippen LogP contribution in [-0.4, -0.2) is 56.7 Å². The Morgan fingerprint density at radius 1 is 1.16 bits per heavy atom. The molecule has 0 spiro atoms. The second kappa shape index (κ2) is 9.78. The summed E-state index contributed by atoms with van der Waals surface area (Å²) in [5, 5.41) is 30.3. The second-order valence-corrected chi connectivity index (χ2v) is 8.25. The monoisotopic (exact) mass is 479 g/mol. The van der Waals surface area contributed by atoms with Crippen LogP contribution in [0, 0.1) is 0 Å². The zero-order valence-electron chi connectivity index (χ0n) is 16.8. The van der Waals surface area contributed by atoms with Gasteiger partial charge in [-0.3, -0.25) is 5.10 Å². The third-order valence-corrected chi connectivity index (χ3v) is 6.45. The Balaban J connectivity index is 0.00000136. The Morgan fingerprint density at radius 2 is 2.03 bits per heavy atom. The molecule has 0 unspecified atom stereocenters. The quantitative estimate of drug-likeness (QED) is 0.407. The summed E-state index contributed by atoms with van der Waals surface area (Å²) in [6.45, 7) is 2.06. The molecule has 0 saturated carbocycles. The van der Waals surface area contributed by atoms with Crippen molar-refractivity contribution in [2.24, 2.45) is 0 Å². The fourth-order valence-corrected chi connectivity index (χ4v) is 4.64. The molecule has 1 aliphatic heterocycles. The lowest BCUT2D eigenvalue weighted by Gasteiger charge is -2.31. The average Bonchev–Trinajstić information content (AvgIpc) is 3.43. The molecule has 11 heteroatoms. The molecule has 0 radical (unpaired) electrons. The van der Waals surface area contributed by atoms with Gasteiger partial charge in [-0.25, -0.2) is 0 Å². The molecule has 1 fully saturated rings. The molecule has 3 N–H and O–H groups in total. The molecule has 0 amide bonds. The first-order valence-electron chi connectivity index (χ1n) is 9.59. The van der Waals surface area contributed by atoms with Crippen molar-refractivity contribution in [3.8, 4) is 28.1 Å². The third-order valence-electron chi connectivity index (χ3n) is 5.37. The number of H-pyrrole nitrogens is 1. The highest BCUT2D eigenvalue weighted by Crippen LogP contribution is 2.35. The van der Waals surface area contributed by atoms with Crippen molar-refractivity contribution < 1.29 is 5.11 Å². The lowest BCUT2D eigenvalue weighted by atomic mass is 10.0. The number of fused-ring (bicyclic) bond motifs is 1. The Labute approximate surface area is 195 Å². The number of phenolic OH excluding ortho intramolecular Hbond substituents is 1. The molecule has 1 aliphatic rings. The van der Waals surface area contributed by atoms with Crippen LogP contribution in [-0.2, 0) is 0 Å². The number of nitrogens with one attached hydrogen (secondary N) is 2. The number of anilines is 1. The van der Waals surface area contributed by atoms with E-state index in [1.165, 1.54) is 6.42 Å². The van der Waals surface area contributed by atoms with Crippen molar-refractivity contribution in [2.75, 3.05) is 25.0 Å². The van der Waals surface area contributed by atoms with Crippen LogP contribution in [0.3, 0.4) is 0 Å². The first-order valence-corrected chi connectivity index (χ1v) is 10.4. The second-order valence-electron chi connectivity index (χ2n) is 7.24.